The zero-order valence-corrected chi connectivity index (χ0v) is 8.87. The minimum atomic E-state index is -3.82. The monoisotopic (exact) mass is 235 g/mol. The molecule has 0 saturated carbocycles. The fourth-order valence-electron chi connectivity index (χ4n) is 0.363. The number of hydrogen-bond donors (Lipinski definition) is 4. The van der Waals surface area contributed by atoms with Crippen LogP contribution >= 0.6 is 20.0 Å². The highest BCUT2D eigenvalue weighted by molar-refractivity contribution is 7.53. The van der Waals surface area contributed by atoms with Crippen molar-refractivity contribution in [3.05, 3.63) is 0 Å². The molecule has 0 bridgehead atoms. The van der Waals surface area contributed by atoms with Crippen LogP contribution in [0.2, 0.25) is 0 Å². The summed E-state index contributed by atoms with van der Waals surface area (Å²) in [4.78, 5) is 8.95. The van der Waals surface area contributed by atoms with Gasteiger partial charge in [-0.2, -0.15) is 0 Å². The summed E-state index contributed by atoms with van der Waals surface area (Å²) in [5, 5.41) is 17.1. The van der Waals surface area contributed by atoms with Crippen molar-refractivity contribution in [1.82, 2.24) is 0 Å². The van der Waals surface area contributed by atoms with Crippen molar-refractivity contribution >= 4 is 20.0 Å². The van der Waals surface area contributed by atoms with Crippen molar-refractivity contribution in [2.75, 3.05) is 13.2 Å². The molecule has 0 fully saturated rings. The Bertz CT molecular complexity index is 178. The average molecular weight is 236 g/mol. The van der Waals surface area contributed by atoms with Gasteiger partial charge in [-0.3, -0.25) is 4.57 Å². The molecule has 3 atom stereocenters. The molecule has 0 aromatic rings. The Hall–Kier alpha value is 0.320. The van der Waals surface area contributed by atoms with Crippen LogP contribution in [0.4, 0.5) is 0 Å². The second kappa shape index (κ2) is 6.73. The minimum absolute atomic E-state index is 0. The zero-order chi connectivity index (χ0) is 9.78. The molecule has 0 spiro atoms. The number of aliphatic hydroxyl groups excluding tert-OH is 2. The Morgan fingerprint density at radius 1 is 1.62 bits per heavy atom. The lowest BCUT2D eigenvalue weighted by atomic mass is 10.4. The summed E-state index contributed by atoms with van der Waals surface area (Å²) in [5.41, 5.74) is 5.12. The van der Waals surface area contributed by atoms with E-state index in [1.54, 1.807) is 0 Å². The van der Waals surface area contributed by atoms with Crippen molar-refractivity contribution in [3.63, 3.8) is 0 Å². The van der Waals surface area contributed by atoms with E-state index < -0.39 is 32.7 Å². The van der Waals surface area contributed by atoms with Crippen LogP contribution in [0.1, 0.15) is 6.92 Å². The van der Waals surface area contributed by atoms with Crippen molar-refractivity contribution < 1.29 is 24.2 Å². The second-order valence-electron chi connectivity index (χ2n) is 2.44. The van der Waals surface area contributed by atoms with Crippen LogP contribution in [0, 0.1) is 0 Å². The lowest BCUT2D eigenvalue weighted by Crippen LogP contribution is -2.23. The van der Waals surface area contributed by atoms with E-state index in [1.165, 1.54) is 6.92 Å². The summed E-state index contributed by atoms with van der Waals surface area (Å²) in [6.07, 6.45) is -1.15. The van der Waals surface area contributed by atoms with Crippen molar-refractivity contribution in [1.29, 1.82) is 0 Å². The van der Waals surface area contributed by atoms with Crippen LogP contribution in [-0.4, -0.2) is 40.2 Å². The van der Waals surface area contributed by atoms with Gasteiger partial charge in [0.05, 0.1) is 13.2 Å². The maximum Gasteiger partial charge on any atom is 0.344 e. The van der Waals surface area contributed by atoms with Gasteiger partial charge in [0.25, 0.3) is 0 Å². The molecule has 0 rings (SSSR count). The molecule has 82 valence electrons. The van der Waals surface area contributed by atoms with Crippen molar-refractivity contribution in [3.8, 4) is 0 Å². The Balaban J connectivity index is 0. The molecule has 0 aliphatic rings. The van der Waals surface area contributed by atoms with Gasteiger partial charge >= 0.3 is 7.60 Å². The fourth-order valence-corrected chi connectivity index (χ4v) is 0.984. The third-order valence-corrected chi connectivity index (χ3v) is 2.73. The third-order valence-electron chi connectivity index (χ3n) is 1.18. The number of halogens is 1. The Labute approximate surface area is 82.7 Å². The number of rotatable bonds is 5. The molecule has 0 aliphatic heterocycles. The van der Waals surface area contributed by atoms with Crippen molar-refractivity contribution in [2.45, 2.75) is 18.8 Å². The molecule has 0 aromatic heterocycles. The summed E-state index contributed by atoms with van der Waals surface area (Å²) < 4.78 is 15.4. The van der Waals surface area contributed by atoms with Crippen LogP contribution < -0.4 is 5.73 Å². The quantitative estimate of drug-likeness (QED) is 0.467. The topological polar surface area (TPSA) is 113 Å². The van der Waals surface area contributed by atoms with E-state index in [0.717, 1.165) is 0 Å². The van der Waals surface area contributed by atoms with Gasteiger partial charge in [-0.15, -0.1) is 12.4 Å². The Kier molecular flexibility index (Phi) is 8.16. The van der Waals surface area contributed by atoms with Gasteiger partial charge in [-0.05, 0) is 6.92 Å². The lowest BCUT2D eigenvalue weighted by Gasteiger charge is -2.16. The van der Waals surface area contributed by atoms with E-state index in [2.05, 4.69) is 4.52 Å². The number of nitrogens with two attached hydrogens (primary N) is 1. The van der Waals surface area contributed by atoms with Gasteiger partial charge in [-0.1, -0.05) is 0 Å². The van der Waals surface area contributed by atoms with E-state index in [4.69, 9.17) is 20.8 Å². The van der Waals surface area contributed by atoms with Gasteiger partial charge in [0, 0.05) is 0 Å². The average Bonchev–Trinajstić information content (AvgIpc) is 2.00. The highest BCUT2D eigenvalue weighted by Crippen LogP contribution is 2.44. The highest BCUT2D eigenvalue weighted by Gasteiger charge is 2.25. The van der Waals surface area contributed by atoms with Crippen LogP contribution in [0.3, 0.4) is 0 Å². The first-order chi connectivity index (χ1) is 5.40. The first-order valence-electron chi connectivity index (χ1n) is 3.41. The van der Waals surface area contributed by atoms with Gasteiger partial charge < -0.3 is 25.4 Å². The summed E-state index contributed by atoms with van der Waals surface area (Å²) >= 11 is 0. The minimum Gasteiger partial charge on any atom is -0.394 e. The summed E-state index contributed by atoms with van der Waals surface area (Å²) in [6.45, 7) is 0.414. The first-order valence-corrected chi connectivity index (χ1v) is 5.06. The van der Waals surface area contributed by atoms with Crippen LogP contribution in [0.25, 0.3) is 0 Å². The molecule has 0 radical (unpaired) electrons. The van der Waals surface area contributed by atoms with E-state index in [1.807, 2.05) is 0 Å². The molecule has 0 heterocycles. The molecule has 8 heteroatoms. The lowest BCUT2D eigenvalue weighted by molar-refractivity contribution is 0.0489. The molecule has 5 N–H and O–H groups in total. The van der Waals surface area contributed by atoms with E-state index in [0.29, 0.717) is 0 Å². The normalized spacial score (nSPS) is 19.8. The van der Waals surface area contributed by atoms with Crippen LogP contribution in [0.15, 0.2) is 0 Å². The van der Waals surface area contributed by atoms with Gasteiger partial charge in [0.2, 0.25) is 0 Å². The predicted molar refractivity (Wildman–Crippen MR) is 49.8 cm³/mol. The molecule has 0 aliphatic carbocycles. The first kappa shape index (κ1) is 15.8. The Morgan fingerprint density at radius 3 is 2.38 bits per heavy atom. The summed E-state index contributed by atoms with van der Waals surface area (Å²) in [7, 11) is -3.82. The molecule has 6 nitrogen and oxygen atoms in total. The molecule has 0 aromatic carbocycles. The van der Waals surface area contributed by atoms with Crippen molar-refractivity contribution in [2.24, 2.45) is 5.73 Å². The van der Waals surface area contributed by atoms with Crippen LogP contribution in [-0.2, 0) is 9.09 Å². The number of hydrogen-bond acceptors (Lipinski definition) is 5. The standard InChI is InChI=1S/C5H14NO5P.ClH/c1-4(6)12(9,10)11-3-5(8)2-7;/h4-5,7-8H,2-3,6H2,1H3,(H,9,10);1H. The van der Waals surface area contributed by atoms with Gasteiger partial charge in [0.15, 0.2) is 0 Å². The predicted octanol–water partition coefficient (Wildman–Crippen LogP) is -0.732. The summed E-state index contributed by atoms with van der Waals surface area (Å²) in [5.74, 6) is -0.997. The molecular weight excluding hydrogens is 220 g/mol. The second-order valence-corrected chi connectivity index (χ2v) is 4.64. The maximum atomic E-state index is 10.9. The Morgan fingerprint density at radius 2 is 2.08 bits per heavy atom. The highest BCUT2D eigenvalue weighted by atomic mass is 35.5. The van der Waals surface area contributed by atoms with E-state index in [-0.39, 0.29) is 12.4 Å². The number of aliphatic hydroxyl groups is 2. The maximum absolute atomic E-state index is 10.9. The molecule has 3 unspecified atom stereocenters. The molecular formula is C5H15ClNO5P. The van der Waals surface area contributed by atoms with Gasteiger partial charge in [0.1, 0.15) is 11.9 Å². The largest absolute Gasteiger partial charge is 0.394 e. The summed E-state index contributed by atoms with van der Waals surface area (Å²) in [6, 6.07) is 0. The van der Waals surface area contributed by atoms with Gasteiger partial charge in [-0.25, -0.2) is 0 Å². The molecule has 13 heavy (non-hydrogen) atoms. The third kappa shape index (κ3) is 6.40. The SMILES string of the molecule is CC(N)P(=O)(O)OCC(O)CO.Cl. The zero-order valence-electron chi connectivity index (χ0n) is 7.16. The van der Waals surface area contributed by atoms with E-state index in [9.17, 15) is 4.57 Å². The fraction of sp³-hybridized carbons (Fsp3) is 1.00. The smallest absolute Gasteiger partial charge is 0.344 e. The van der Waals surface area contributed by atoms with E-state index >= 15 is 0 Å². The molecule has 0 saturated heterocycles. The molecule has 0 amide bonds. The van der Waals surface area contributed by atoms with Crippen LogP contribution in [0.5, 0.6) is 0 Å².